The maximum Gasteiger partial charge on any atom is 0.318 e. The van der Waals surface area contributed by atoms with Gasteiger partial charge in [0.2, 0.25) is 0 Å². The van der Waals surface area contributed by atoms with Gasteiger partial charge in [-0.15, -0.1) is 0 Å². The van der Waals surface area contributed by atoms with Crippen LogP contribution < -0.4 is 5.32 Å². The largest absolute Gasteiger partial charge is 0.335 e. The number of carbonyl (C=O) groups excluding carboxylic acids is 2. The molecule has 2 amide bonds. The van der Waals surface area contributed by atoms with E-state index in [2.05, 4.69) is 23.8 Å². The number of hydrogen-bond donors (Lipinski definition) is 1. The molecule has 1 aromatic rings. The first kappa shape index (κ1) is 21.0. The first-order valence-corrected chi connectivity index (χ1v) is 12.6. The Bertz CT molecular complexity index is 846. The standard InChI is InChI=1S/C25H38N4O2/c1-25(2)15-20-22(21(30)16-25)23(27-29(20)18-11-6-7-12-18)19-13-8-14-28(19)24(31)26-17-9-4-3-5-10-17/h17-19H,3-16H2,1-2H3,(H,26,31)/t19-/m0/s1. The number of rotatable bonds is 3. The van der Waals surface area contributed by atoms with E-state index in [4.69, 9.17) is 5.10 Å². The number of Topliss-reactive ketones (excluding diaryl/α,β-unsaturated/α-hetero) is 1. The molecule has 3 fully saturated rings. The molecule has 6 nitrogen and oxygen atoms in total. The van der Waals surface area contributed by atoms with Crippen LogP contribution in [0.15, 0.2) is 0 Å². The first-order chi connectivity index (χ1) is 14.9. The number of likely N-dealkylation sites (tertiary alicyclic amines) is 1. The van der Waals surface area contributed by atoms with Crippen LogP contribution in [0.3, 0.4) is 0 Å². The number of hydrogen-bond acceptors (Lipinski definition) is 3. The monoisotopic (exact) mass is 426 g/mol. The van der Waals surface area contributed by atoms with Crippen LogP contribution in [0.5, 0.6) is 0 Å². The second-order valence-corrected chi connectivity index (χ2v) is 11.2. The number of nitrogens with zero attached hydrogens (tertiary/aromatic N) is 3. The number of carbonyl (C=O) groups is 2. The molecule has 1 aliphatic heterocycles. The Balaban J connectivity index is 1.46. The zero-order valence-corrected chi connectivity index (χ0v) is 19.3. The molecule has 0 unspecified atom stereocenters. The van der Waals surface area contributed by atoms with Crippen molar-refractivity contribution >= 4 is 11.8 Å². The highest BCUT2D eigenvalue weighted by Gasteiger charge is 2.42. The van der Waals surface area contributed by atoms with Gasteiger partial charge in [0.1, 0.15) is 0 Å². The molecule has 1 N–H and O–H groups in total. The summed E-state index contributed by atoms with van der Waals surface area (Å²) in [6, 6.07) is 0.692. The van der Waals surface area contributed by atoms with E-state index in [9.17, 15) is 9.59 Å². The van der Waals surface area contributed by atoms with Gasteiger partial charge in [-0.05, 0) is 50.4 Å². The van der Waals surface area contributed by atoms with Crippen molar-refractivity contribution in [3.8, 4) is 0 Å². The van der Waals surface area contributed by atoms with Crippen LogP contribution in [0.1, 0.15) is 125 Å². The van der Waals surface area contributed by atoms with E-state index in [1.54, 1.807) is 0 Å². The van der Waals surface area contributed by atoms with Crippen molar-refractivity contribution in [3.63, 3.8) is 0 Å². The highest BCUT2D eigenvalue weighted by Crippen LogP contribution is 2.43. The summed E-state index contributed by atoms with van der Waals surface area (Å²) >= 11 is 0. The molecule has 0 spiro atoms. The van der Waals surface area contributed by atoms with Crippen molar-refractivity contribution in [1.82, 2.24) is 20.0 Å². The zero-order chi connectivity index (χ0) is 21.6. The van der Waals surface area contributed by atoms with E-state index in [1.165, 1.54) is 32.1 Å². The van der Waals surface area contributed by atoms with E-state index in [0.717, 1.165) is 68.4 Å². The normalized spacial score (nSPS) is 27.0. The highest BCUT2D eigenvalue weighted by atomic mass is 16.2. The molecule has 0 bridgehead atoms. The van der Waals surface area contributed by atoms with Gasteiger partial charge in [0.05, 0.1) is 29.0 Å². The van der Waals surface area contributed by atoms with Crippen molar-refractivity contribution in [2.75, 3.05) is 6.54 Å². The number of nitrogens with one attached hydrogen (secondary N) is 1. The lowest BCUT2D eigenvalue weighted by Crippen LogP contribution is -2.45. The Labute approximate surface area is 186 Å². The van der Waals surface area contributed by atoms with Gasteiger partial charge in [-0.25, -0.2) is 4.79 Å². The Morgan fingerprint density at radius 3 is 2.42 bits per heavy atom. The molecule has 2 heterocycles. The fraction of sp³-hybridized carbons (Fsp3) is 0.800. The predicted octanol–water partition coefficient (Wildman–Crippen LogP) is 5.33. The predicted molar refractivity (Wildman–Crippen MR) is 120 cm³/mol. The van der Waals surface area contributed by atoms with Gasteiger partial charge in [-0.2, -0.15) is 5.10 Å². The summed E-state index contributed by atoms with van der Waals surface area (Å²) in [5.41, 5.74) is 2.86. The molecule has 31 heavy (non-hydrogen) atoms. The maximum absolute atomic E-state index is 13.3. The van der Waals surface area contributed by atoms with Crippen molar-refractivity contribution < 1.29 is 9.59 Å². The summed E-state index contributed by atoms with van der Waals surface area (Å²) in [6.45, 7) is 5.14. The number of ketones is 1. The lowest BCUT2D eigenvalue weighted by molar-refractivity contribution is 0.0906. The lowest BCUT2D eigenvalue weighted by Gasteiger charge is -2.31. The summed E-state index contributed by atoms with van der Waals surface area (Å²) in [6.07, 6.45) is 14.0. The fourth-order valence-corrected chi connectivity index (χ4v) is 6.48. The van der Waals surface area contributed by atoms with Crippen LogP contribution in [-0.4, -0.2) is 39.1 Å². The topological polar surface area (TPSA) is 67.2 Å². The van der Waals surface area contributed by atoms with Crippen molar-refractivity contribution in [3.05, 3.63) is 17.0 Å². The number of fused-ring (bicyclic) bond motifs is 1. The van der Waals surface area contributed by atoms with Crippen LogP contribution in [-0.2, 0) is 6.42 Å². The molecule has 6 heteroatoms. The molecule has 0 aromatic carbocycles. The van der Waals surface area contributed by atoms with Gasteiger partial charge in [-0.3, -0.25) is 9.48 Å². The summed E-state index contributed by atoms with van der Waals surface area (Å²) < 4.78 is 2.21. The second-order valence-electron chi connectivity index (χ2n) is 11.2. The van der Waals surface area contributed by atoms with Gasteiger partial charge in [0.15, 0.2) is 5.78 Å². The summed E-state index contributed by atoms with van der Waals surface area (Å²) in [4.78, 5) is 28.5. The Morgan fingerprint density at radius 2 is 1.68 bits per heavy atom. The smallest absolute Gasteiger partial charge is 0.318 e. The second kappa shape index (κ2) is 8.25. The molecule has 4 aliphatic rings. The quantitative estimate of drug-likeness (QED) is 0.710. The van der Waals surface area contributed by atoms with Crippen LogP contribution in [0.2, 0.25) is 0 Å². The van der Waals surface area contributed by atoms with Gasteiger partial charge < -0.3 is 10.2 Å². The number of aromatic nitrogens is 2. The molecule has 170 valence electrons. The average Bonchev–Trinajstić information content (AvgIpc) is 3.47. The van der Waals surface area contributed by atoms with Crippen LogP contribution in [0.25, 0.3) is 0 Å². The summed E-state index contributed by atoms with van der Waals surface area (Å²) in [5.74, 6) is 0.227. The molecule has 5 rings (SSSR count). The first-order valence-electron chi connectivity index (χ1n) is 12.6. The minimum atomic E-state index is -0.0647. The van der Waals surface area contributed by atoms with Crippen LogP contribution >= 0.6 is 0 Å². The van der Waals surface area contributed by atoms with Gasteiger partial charge >= 0.3 is 6.03 Å². The third kappa shape index (κ3) is 4.03. The molecule has 2 saturated carbocycles. The summed E-state index contributed by atoms with van der Waals surface area (Å²) in [5, 5.41) is 8.42. The third-order valence-corrected chi connectivity index (χ3v) is 8.03. The van der Waals surface area contributed by atoms with Crippen molar-refractivity contribution in [2.24, 2.45) is 5.41 Å². The van der Waals surface area contributed by atoms with Gasteiger partial charge in [0, 0.05) is 19.0 Å². The fourth-order valence-electron chi connectivity index (χ4n) is 6.48. The Morgan fingerprint density at radius 1 is 0.968 bits per heavy atom. The minimum absolute atomic E-state index is 0.0224. The van der Waals surface area contributed by atoms with E-state index in [1.807, 2.05) is 4.90 Å². The third-order valence-electron chi connectivity index (χ3n) is 8.03. The van der Waals surface area contributed by atoms with Crippen molar-refractivity contribution in [2.45, 2.75) is 115 Å². The zero-order valence-electron chi connectivity index (χ0n) is 19.3. The Kier molecular flexibility index (Phi) is 5.59. The number of amides is 2. The average molecular weight is 427 g/mol. The molecular weight excluding hydrogens is 388 g/mol. The molecular formula is C25H38N4O2. The van der Waals surface area contributed by atoms with Crippen LogP contribution in [0.4, 0.5) is 4.79 Å². The molecule has 1 saturated heterocycles. The van der Waals surface area contributed by atoms with Gasteiger partial charge in [0.25, 0.3) is 0 Å². The molecule has 0 radical (unpaired) electrons. The maximum atomic E-state index is 13.3. The summed E-state index contributed by atoms with van der Waals surface area (Å²) in [7, 11) is 0. The lowest BCUT2D eigenvalue weighted by atomic mass is 9.75. The Hall–Kier alpha value is -1.85. The van der Waals surface area contributed by atoms with E-state index in [0.29, 0.717) is 18.5 Å². The highest BCUT2D eigenvalue weighted by molar-refractivity contribution is 6.00. The van der Waals surface area contributed by atoms with E-state index in [-0.39, 0.29) is 23.3 Å². The molecule has 1 aromatic heterocycles. The van der Waals surface area contributed by atoms with E-state index >= 15 is 0 Å². The van der Waals surface area contributed by atoms with Gasteiger partial charge in [-0.1, -0.05) is 46.0 Å². The van der Waals surface area contributed by atoms with E-state index < -0.39 is 0 Å². The molecule has 3 aliphatic carbocycles. The van der Waals surface area contributed by atoms with Crippen LogP contribution in [0, 0.1) is 5.41 Å². The minimum Gasteiger partial charge on any atom is -0.335 e. The van der Waals surface area contributed by atoms with Crippen molar-refractivity contribution in [1.29, 1.82) is 0 Å². The molecule has 1 atom stereocenters. The SMILES string of the molecule is CC1(C)CC(=O)c2c([C@@H]3CCCN3C(=O)NC3CCCCC3)nn(C3CCCC3)c2C1. The number of urea groups is 1.